The zero-order chi connectivity index (χ0) is 26.5. The van der Waals surface area contributed by atoms with Gasteiger partial charge < -0.3 is 31.0 Å². The van der Waals surface area contributed by atoms with Crippen molar-refractivity contribution in [2.75, 3.05) is 55.6 Å². The van der Waals surface area contributed by atoms with E-state index in [9.17, 15) is 24.4 Å². The summed E-state index contributed by atoms with van der Waals surface area (Å²) in [5.74, 6) is -1.63. The molecule has 0 radical (unpaired) electrons. The number of benzene rings is 1. The van der Waals surface area contributed by atoms with Crippen LogP contribution in [0.1, 0.15) is 17.4 Å². The van der Waals surface area contributed by atoms with E-state index in [-0.39, 0.29) is 42.7 Å². The summed E-state index contributed by atoms with van der Waals surface area (Å²) in [5, 5.41) is 19.5. The maximum Gasteiger partial charge on any atom is 0.322 e. The molecule has 2 aliphatic heterocycles. The summed E-state index contributed by atoms with van der Waals surface area (Å²) in [5.41, 5.74) is 0.669. The second-order valence-electron chi connectivity index (χ2n) is 8.79. The predicted molar refractivity (Wildman–Crippen MR) is 131 cm³/mol. The Hall–Kier alpha value is -4.42. The third kappa shape index (κ3) is 6.05. The molecule has 2 aliphatic rings. The molecule has 0 unspecified atom stereocenters. The number of hydrogen-bond acceptors (Lipinski definition) is 6. The molecule has 1 aromatic heterocycles. The first kappa shape index (κ1) is 25.7. The van der Waals surface area contributed by atoms with E-state index in [1.54, 1.807) is 23.1 Å². The van der Waals surface area contributed by atoms with Crippen LogP contribution in [0.5, 0.6) is 0 Å². The van der Waals surface area contributed by atoms with E-state index in [1.807, 2.05) is 4.90 Å². The van der Waals surface area contributed by atoms with Crippen molar-refractivity contribution < 1.29 is 28.3 Å². The Morgan fingerprint density at radius 1 is 1.14 bits per heavy atom. The molecule has 5 amide bonds. The fourth-order valence-electron chi connectivity index (χ4n) is 4.29. The molecule has 0 spiro atoms. The average Bonchev–Trinajstić information content (AvgIpc) is 3.26. The van der Waals surface area contributed by atoms with Gasteiger partial charge in [0.05, 0.1) is 18.3 Å². The normalized spacial score (nSPS) is 17.4. The van der Waals surface area contributed by atoms with Gasteiger partial charge >= 0.3 is 11.9 Å². The van der Waals surface area contributed by atoms with Gasteiger partial charge in [-0.15, -0.1) is 0 Å². The summed E-state index contributed by atoms with van der Waals surface area (Å²) in [6, 6.07) is 8.36. The summed E-state index contributed by atoms with van der Waals surface area (Å²) in [6.07, 6.45) is 1.20. The van der Waals surface area contributed by atoms with Gasteiger partial charge in [-0.2, -0.15) is 4.73 Å². The van der Waals surface area contributed by atoms with Crippen LogP contribution in [-0.2, 0) is 9.59 Å². The number of anilines is 2. The average molecular weight is 514 g/mol. The first-order valence-electron chi connectivity index (χ1n) is 11.8. The number of piperazine rings is 1. The number of carbonyl (C=O) groups excluding carboxylic acids is 4. The van der Waals surface area contributed by atoms with Crippen LogP contribution in [0.3, 0.4) is 0 Å². The van der Waals surface area contributed by atoms with E-state index in [0.717, 1.165) is 0 Å². The summed E-state index contributed by atoms with van der Waals surface area (Å²) < 4.78 is 15.4. The van der Waals surface area contributed by atoms with Crippen molar-refractivity contribution in [1.82, 2.24) is 20.9 Å². The number of aromatic nitrogens is 1. The van der Waals surface area contributed by atoms with E-state index < -0.39 is 11.7 Å². The van der Waals surface area contributed by atoms with Gasteiger partial charge in [-0.25, -0.2) is 9.18 Å². The van der Waals surface area contributed by atoms with Crippen LogP contribution in [0.4, 0.5) is 20.6 Å². The molecule has 13 heteroatoms. The highest BCUT2D eigenvalue weighted by molar-refractivity contribution is 5.95. The standard InChI is InChI=1S/C24H28FN7O5/c1-16(33)26-13-17-15-31(24(36)28-17)18-5-6-20(19(25)12-18)29-8-10-30(11-9-29)22(34)14-27-23(35)21-4-2-3-7-32(21)37/h2-7,12,17H,8-11,13-15H2,1H3,(H,26,33)(H,27,35)(H,28,36)/t17-/m0/s1. The number of pyridine rings is 1. The zero-order valence-corrected chi connectivity index (χ0v) is 20.3. The largest absolute Gasteiger partial charge is 0.618 e. The number of halogens is 1. The van der Waals surface area contributed by atoms with Gasteiger partial charge in [0, 0.05) is 64.0 Å². The Labute approximate surface area is 212 Å². The second kappa shape index (κ2) is 11.1. The lowest BCUT2D eigenvalue weighted by atomic mass is 10.2. The topological polar surface area (TPSA) is 141 Å². The zero-order valence-electron chi connectivity index (χ0n) is 20.3. The van der Waals surface area contributed by atoms with Gasteiger partial charge in [-0.05, 0) is 24.3 Å². The lowest BCUT2D eigenvalue weighted by Crippen LogP contribution is -2.52. The maximum atomic E-state index is 15.0. The third-order valence-electron chi connectivity index (χ3n) is 6.25. The Kier molecular flexibility index (Phi) is 7.70. The van der Waals surface area contributed by atoms with Crippen LogP contribution in [0, 0.1) is 11.0 Å². The number of hydrogen-bond donors (Lipinski definition) is 3. The predicted octanol–water partition coefficient (Wildman–Crippen LogP) is -0.428. The maximum absolute atomic E-state index is 15.0. The fourth-order valence-corrected chi connectivity index (χ4v) is 4.29. The van der Waals surface area contributed by atoms with E-state index in [2.05, 4.69) is 16.0 Å². The number of nitrogens with one attached hydrogen (secondary N) is 3. The van der Waals surface area contributed by atoms with Gasteiger partial charge in [0.15, 0.2) is 6.20 Å². The van der Waals surface area contributed by atoms with Crippen LogP contribution in [-0.4, -0.2) is 80.5 Å². The van der Waals surface area contributed by atoms with Crippen molar-refractivity contribution in [3.63, 3.8) is 0 Å². The number of rotatable bonds is 7. The summed E-state index contributed by atoms with van der Waals surface area (Å²) in [7, 11) is 0. The van der Waals surface area contributed by atoms with Crippen LogP contribution in [0.2, 0.25) is 0 Å². The molecule has 3 heterocycles. The Balaban J connectivity index is 1.29. The van der Waals surface area contributed by atoms with Crippen molar-refractivity contribution in [2.24, 2.45) is 0 Å². The summed E-state index contributed by atoms with van der Waals surface area (Å²) in [4.78, 5) is 52.9. The molecule has 1 atom stereocenters. The van der Waals surface area contributed by atoms with Crippen molar-refractivity contribution in [3.8, 4) is 0 Å². The van der Waals surface area contributed by atoms with Crippen molar-refractivity contribution in [3.05, 3.63) is 59.3 Å². The monoisotopic (exact) mass is 513 g/mol. The Morgan fingerprint density at radius 3 is 2.57 bits per heavy atom. The molecule has 4 rings (SSSR count). The molecule has 12 nitrogen and oxygen atoms in total. The van der Waals surface area contributed by atoms with Crippen molar-refractivity contribution in [2.45, 2.75) is 13.0 Å². The Morgan fingerprint density at radius 2 is 1.89 bits per heavy atom. The van der Waals surface area contributed by atoms with Gasteiger partial charge in [0.2, 0.25) is 11.8 Å². The lowest BCUT2D eigenvalue weighted by Gasteiger charge is -2.36. The first-order chi connectivity index (χ1) is 17.7. The third-order valence-corrected chi connectivity index (χ3v) is 6.25. The molecule has 1 aromatic carbocycles. The van der Waals surface area contributed by atoms with Crippen LogP contribution in [0.15, 0.2) is 42.6 Å². The molecule has 0 saturated carbocycles. The molecule has 2 saturated heterocycles. The molecule has 2 fully saturated rings. The molecule has 0 aliphatic carbocycles. The van der Waals surface area contributed by atoms with Gasteiger partial charge in [-0.1, -0.05) is 0 Å². The molecule has 37 heavy (non-hydrogen) atoms. The second-order valence-corrected chi connectivity index (χ2v) is 8.79. The van der Waals surface area contributed by atoms with Crippen LogP contribution >= 0.6 is 0 Å². The van der Waals surface area contributed by atoms with E-state index in [0.29, 0.717) is 48.8 Å². The molecule has 2 aromatic rings. The minimum absolute atomic E-state index is 0.103. The summed E-state index contributed by atoms with van der Waals surface area (Å²) in [6.45, 7) is 3.17. The minimum atomic E-state index is -0.641. The molecule has 0 bridgehead atoms. The Bertz CT molecular complexity index is 1200. The van der Waals surface area contributed by atoms with Gasteiger partial charge in [-0.3, -0.25) is 19.3 Å². The molecule has 3 N–H and O–H groups in total. The lowest BCUT2D eigenvalue weighted by molar-refractivity contribution is -0.607. The number of urea groups is 1. The van der Waals surface area contributed by atoms with Gasteiger partial charge in [0.25, 0.3) is 5.69 Å². The van der Waals surface area contributed by atoms with E-state index in [4.69, 9.17) is 0 Å². The van der Waals surface area contributed by atoms with Crippen molar-refractivity contribution >= 4 is 35.1 Å². The van der Waals surface area contributed by atoms with Gasteiger partial charge in [0.1, 0.15) is 5.82 Å². The fraction of sp³-hybridized carbons (Fsp3) is 0.375. The van der Waals surface area contributed by atoms with Crippen LogP contribution < -0.4 is 30.5 Å². The number of nitrogens with zero attached hydrogens (tertiary/aromatic N) is 4. The number of carbonyl (C=O) groups is 4. The van der Waals surface area contributed by atoms with E-state index >= 15 is 4.39 Å². The smallest absolute Gasteiger partial charge is 0.322 e. The highest BCUT2D eigenvalue weighted by Gasteiger charge is 2.31. The van der Waals surface area contributed by atoms with Crippen LogP contribution in [0.25, 0.3) is 0 Å². The van der Waals surface area contributed by atoms with E-state index in [1.165, 1.54) is 36.2 Å². The quantitative estimate of drug-likeness (QED) is 0.339. The molecular formula is C24H28FN7O5. The number of amides is 5. The minimum Gasteiger partial charge on any atom is -0.618 e. The SMILES string of the molecule is CC(=O)NC[C@H]1CN(c2ccc(N3CCN(C(=O)CNC(=O)c4cccc[n+]4[O-])CC3)c(F)c2)C(=O)N1. The molecular weight excluding hydrogens is 485 g/mol. The highest BCUT2D eigenvalue weighted by atomic mass is 19.1. The van der Waals surface area contributed by atoms with Crippen molar-refractivity contribution in [1.29, 1.82) is 0 Å². The molecule has 196 valence electrons. The highest BCUT2D eigenvalue weighted by Crippen LogP contribution is 2.27. The summed E-state index contributed by atoms with van der Waals surface area (Å²) >= 11 is 0. The first-order valence-corrected chi connectivity index (χ1v) is 11.8.